The normalized spacial score (nSPS) is 49.6. The van der Waals surface area contributed by atoms with Gasteiger partial charge in [-0.15, -0.1) is 0 Å². The molecule has 0 spiro atoms. The third-order valence-corrected chi connectivity index (χ3v) is 29.9. The van der Waals surface area contributed by atoms with Crippen molar-refractivity contribution in [2.75, 3.05) is 0 Å². The zero-order valence-corrected chi connectivity index (χ0v) is 44.8. The van der Waals surface area contributed by atoms with Crippen LogP contribution in [-0.2, 0) is 10.8 Å². The number of allylic oxidation sites excluding steroid dienone is 11. The van der Waals surface area contributed by atoms with E-state index in [-0.39, 0.29) is 0 Å². The van der Waals surface area contributed by atoms with Crippen LogP contribution in [0.1, 0.15) is 202 Å². The van der Waals surface area contributed by atoms with E-state index in [1.54, 1.807) is 99.3 Å². The summed E-state index contributed by atoms with van der Waals surface area (Å²) in [6.45, 7) is 7.59. The molecule has 1 aromatic heterocycles. The molecule has 16 bridgehead atoms. The molecule has 0 saturated heterocycles. The van der Waals surface area contributed by atoms with Gasteiger partial charge < -0.3 is 0 Å². The first-order valence-corrected chi connectivity index (χ1v) is 32.2. The van der Waals surface area contributed by atoms with Crippen molar-refractivity contribution in [3.63, 3.8) is 0 Å². The van der Waals surface area contributed by atoms with Crippen molar-refractivity contribution < 1.29 is 0 Å². The van der Waals surface area contributed by atoms with Gasteiger partial charge >= 0.3 is 416 Å². The Bertz CT molecular complexity index is 2110. The second-order valence-corrected chi connectivity index (χ2v) is 34.0. The molecule has 16 saturated carbocycles. The SMILES string of the molecule is CC(C)(C)C1CC(/C=C/c2cc(C34CC5CC(CC(C5)C3)C4)[se+]c(C34CC5CC(CC(C5)C3)C4)c2)=CC(=C/C=C2C=C(C34CC5CC(CC(C5)C3)C4)[Se]C(C34CC5CC(CC(C5)C3)C4)=C2)/C1. The molecule has 1 aliphatic heterocycles. The fourth-order valence-electron chi connectivity index (χ4n) is 22.2. The summed E-state index contributed by atoms with van der Waals surface area (Å²) in [6.07, 6.45) is 58.4. The summed E-state index contributed by atoms with van der Waals surface area (Å²) >= 11 is 1.10. The first-order chi connectivity index (χ1) is 31.9. The predicted molar refractivity (Wildman–Crippen MR) is 276 cm³/mol. The molecule has 0 N–H and O–H groups in total. The Morgan fingerprint density at radius 1 is 0.455 bits per heavy atom. The Morgan fingerprint density at radius 2 is 0.818 bits per heavy atom. The van der Waals surface area contributed by atoms with E-state index < -0.39 is 0 Å². The molecule has 1 aromatic rings. The molecule has 1 atom stereocenters. The van der Waals surface area contributed by atoms with Crippen molar-refractivity contribution in [2.45, 2.75) is 199 Å². The van der Waals surface area contributed by atoms with Crippen LogP contribution in [0.4, 0.5) is 0 Å². The van der Waals surface area contributed by atoms with Crippen LogP contribution in [0.3, 0.4) is 0 Å². The van der Waals surface area contributed by atoms with Crippen LogP contribution in [0.5, 0.6) is 0 Å². The summed E-state index contributed by atoms with van der Waals surface area (Å²) in [5, 5.41) is 0. The van der Waals surface area contributed by atoms with Gasteiger partial charge in [-0.05, 0) is 0 Å². The Hall–Kier alpha value is -1.17. The van der Waals surface area contributed by atoms with E-state index in [2.05, 4.69) is 75.4 Å². The minimum atomic E-state index is 0.293. The molecule has 16 fully saturated rings. The maximum atomic E-state index is 2.84. The third-order valence-electron chi connectivity index (χ3n) is 23.4. The first kappa shape index (κ1) is 42.5. The molecular weight excluding hydrogens is 927 g/mol. The number of hydrogen-bond acceptors (Lipinski definition) is 0. The van der Waals surface area contributed by atoms with E-state index >= 15 is 0 Å². The van der Waals surface area contributed by atoms with E-state index in [9.17, 15) is 0 Å². The third kappa shape index (κ3) is 7.19. The van der Waals surface area contributed by atoms with E-state index in [0.717, 1.165) is 71.0 Å². The van der Waals surface area contributed by atoms with Crippen molar-refractivity contribution in [3.8, 4) is 0 Å². The quantitative estimate of drug-likeness (QED) is 0.239. The van der Waals surface area contributed by atoms with Crippen molar-refractivity contribution in [3.05, 3.63) is 88.7 Å². The molecule has 350 valence electrons. The molecule has 0 amide bonds. The molecule has 17 aliphatic carbocycles. The molecule has 2 heteroatoms. The average Bonchev–Trinajstić information content (AvgIpc) is 3.25. The topological polar surface area (TPSA) is 0 Å². The van der Waals surface area contributed by atoms with E-state index in [4.69, 9.17) is 0 Å². The Kier molecular flexibility index (Phi) is 9.78. The zero-order valence-electron chi connectivity index (χ0n) is 41.4. The molecule has 18 aliphatic rings. The Labute approximate surface area is 413 Å². The van der Waals surface area contributed by atoms with Gasteiger partial charge in [0, 0.05) is 0 Å². The first-order valence-electron chi connectivity index (χ1n) is 28.8. The molecule has 2 heterocycles. The molecule has 0 nitrogen and oxygen atoms in total. The maximum absolute atomic E-state index is 2.84. The second-order valence-electron chi connectivity index (χ2n) is 29.5. The van der Waals surface area contributed by atoms with Crippen molar-refractivity contribution >= 4 is 35.5 Å². The Morgan fingerprint density at radius 3 is 1.18 bits per heavy atom. The van der Waals surface area contributed by atoms with Gasteiger partial charge in [-0.1, -0.05) is 0 Å². The van der Waals surface area contributed by atoms with Gasteiger partial charge in [0.05, 0.1) is 0 Å². The molecular formula is C64H83Se2+. The molecule has 0 radical (unpaired) electrons. The van der Waals surface area contributed by atoms with Gasteiger partial charge in [-0.2, -0.15) is 0 Å². The molecule has 1 unspecified atom stereocenters. The van der Waals surface area contributed by atoms with Gasteiger partial charge in [-0.3, -0.25) is 0 Å². The number of rotatable bonds is 7. The summed E-state index contributed by atoms with van der Waals surface area (Å²) in [7, 11) is 0. The standard InChI is InChI=1S/C64H83Se2/c1-60(2,3)55-21-39(4-6-41-23-56(61-27-43-9-44(28-61)11-45(10-43)29-61)65-57(24-41)62-30-46-12-47(31-62)14-48(13-46)32-62)8-40(22-55)5-7-42-25-58(63-33-49-15-50(34-63)17-51(16-49)35-63)66-59(26-42)64-36-52-18-53(37-64)20-54(19-52)38-64/h4-8,23-26,43-55H,9-22,27-38H2,1-3H3/q+1. The van der Waals surface area contributed by atoms with Crippen LogP contribution in [0.25, 0.3) is 6.08 Å². The number of hydrogen-bond donors (Lipinski definition) is 0. The van der Waals surface area contributed by atoms with Gasteiger partial charge in [-0.25, -0.2) is 0 Å². The van der Waals surface area contributed by atoms with Crippen LogP contribution in [0.2, 0.25) is 0 Å². The van der Waals surface area contributed by atoms with E-state index in [0.29, 0.717) is 62.5 Å². The minimum absolute atomic E-state index is 0.293. The van der Waals surface area contributed by atoms with Crippen molar-refractivity contribution in [1.82, 2.24) is 0 Å². The van der Waals surface area contributed by atoms with Crippen LogP contribution >= 0.6 is 0 Å². The fraction of sp³-hybridized carbons (Fsp3) is 0.734. The summed E-state index contributed by atoms with van der Waals surface area (Å²) in [4.78, 5) is 0. The van der Waals surface area contributed by atoms with Crippen molar-refractivity contribution in [1.29, 1.82) is 0 Å². The van der Waals surface area contributed by atoms with Gasteiger partial charge in [0.2, 0.25) is 0 Å². The van der Waals surface area contributed by atoms with Crippen LogP contribution in [-0.4, -0.2) is 29.5 Å². The van der Waals surface area contributed by atoms with Crippen LogP contribution in [0.15, 0.2) is 74.3 Å². The van der Waals surface area contributed by atoms with E-state index in [1.165, 1.54) is 89.9 Å². The molecule has 19 rings (SSSR count). The fourth-order valence-corrected chi connectivity index (χ4v) is 28.7. The molecule has 0 aromatic carbocycles. The average molecular weight is 1010 g/mol. The van der Waals surface area contributed by atoms with Gasteiger partial charge in [0.1, 0.15) is 0 Å². The second kappa shape index (κ2) is 15.2. The zero-order chi connectivity index (χ0) is 43.8. The predicted octanol–water partition coefficient (Wildman–Crippen LogP) is 16.1. The summed E-state index contributed by atoms with van der Waals surface area (Å²) in [5.74, 6) is 13.0. The Balaban J connectivity index is 0.789. The monoisotopic (exact) mass is 1010 g/mol. The summed E-state index contributed by atoms with van der Waals surface area (Å²) < 4.78 is 7.87. The summed E-state index contributed by atoms with van der Waals surface area (Å²) in [6, 6.07) is 5.68. The van der Waals surface area contributed by atoms with E-state index in [1.807, 2.05) is 17.8 Å². The van der Waals surface area contributed by atoms with Crippen molar-refractivity contribution in [2.24, 2.45) is 93.2 Å². The van der Waals surface area contributed by atoms with Gasteiger partial charge in [0.15, 0.2) is 0 Å². The summed E-state index contributed by atoms with van der Waals surface area (Å²) in [5.41, 5.74) is 8.78. The van der Waals surface area contributed by atoms with Gasteiger partial charge in [0.25, 0.3) is 0 Å². The van der Waals surface area contributed by atoms with Crippen LogP contribution < -0.4 is 0 Å². The van der Waals surface area contributed by atoms with Crippen LogP contribution in [0, 0.1) is 93.2 Å². The molecule has 66 heavy (non-hydrogen) atoms.